The molecule has 0 aliphatic rings. The van der Waals surface area contributed by atoms with Gasteiger partial charge in [-0.3, -0.25) is 9.59 Å². The second-order valence-corrected chi connectivity index (χ2v) is 15.9. The van der Waals surface area contributed by atoms with Crippen LogP contribution < -0.4 is 20.8 Å². The highest BCUT2D eigenvalue weighted by molar-refractivity contribution is 7.86. The summed E-state index contributed by atoms with van der Waals surface area (Å²) in [6, 6.07) is 19.2. The second kappa shape index (κ2) is 11.5. The highest BCUT2D eigenvalue weighted by Crippen LogP contribution is 2.59. The molecule has 0 N–H and O–H groups in total. The number of benzene rings is 2. The van der Waals surface area contributed by atoms with Crippen molar-refractivity contribution in [3.8, 4) is 0 Å². The molecular formula is C26H32O4P2. The van der Waals surface area contributed by atoms with Crippen LogP contribution in [0.2, 0.25) is 0 Å². The monoisotopic (exact) mass is 470 g/mol. The van der Waals surface area contributed by atoms with Gasteiger partial charge in [-0.1, -0.05) is 36.4 Å². The van der Waals surface area contributed by atoms with E-state index in [9.17, 15) is 19.8 Å². The lowest BCUT2D eigenvalue weighted by Gasteiger charge is -2.25. The fraction of sp³-hybridized carbons (Fsp3) is 0.308. The number of hydrogen-bond acceptors (Lipinski definition) is 4. The van der Waals surface area contributed by atoms with Crippen molar-refractivity contribution >= 4 is 36.7 Å². The molecule has 0 fully saturated rings. The van der Waals surface area contributed by atoms with E-state index in [0.29, 0.717) is 24.6 Å². The molecule has 0 heterocycles. The maximum Gasteiger partial charge on any atom is 0.220 e. The first kappa shape index (κ1) is 26.0. The van der Waals surface area contributed by atoms with Crippen LogP contribution in [-0.2, 0) is 9.59 Å². The van der Waals surface area contributed by atoms with E-state index < -0.39 is 37.6 Å². The van der Waals surface area contributed by atoms with Gasteiger partial charge in [0.1, 0.15) is 0 Å². The van der Waals surface area contributed by atoms with E-state index >= 15 is 0 Å². The number of ketones is 2. The summed E-state index contributed by atoms with van der Waals surface area (Å²) in [5.74, 6) is -1.31. The van der Waals surface area contributed by atoms with Crippen molar-refractivity contribution in [2.24, 2.45) is 0 Å². The third-order valence-corrected chi connectivity index (χ3v) is 14.8. The zero-order valence-electron chi connectivity index (χ0n) is 19.3. The van der Waals surface area contributed by atoms with E-state index in [1.54, 1.807) is 0 Å². The van der Waals surface area contributed by atoms with Gasteiger partial charge in [0.2, 0.25) is 11.6 Å². The molecule has 0 atom stereocenters. The maximum atomic E-state index is 12.8. The molecular weight excluding hydrogens is 438 g/mol. The van der Waals surface area contributed by atoms with Crippen molar-refractivity contribution in [3.05, 3.63) is 83.8 Å². The lowest BCUT2D eigenvalue weighted by molar-refractivity contribution is -0.303. The topological polar surface area (TPSA) is 80.3 Å². The van der Waals surface area contributed by atoms with Gasteiger partial charge >= 0.3 is 0 Å². The lowest BCUT2D eigenvalue weighted by atomic mass is 10.2. The molecule has 2 rings (SSSR count). The summed E-state index contributed by atoms with van der Waals surface area (Å²) < 4.78 is 0. The first-order valence-electron chi connectivity index (χ1n) is 11.0. The summed E-state index contributed by atoms with van der Waals surface area (Å²) in [5, 5.41) is 27.7. The highest BCUT2D eigenvalue weighted by Gasteiger charge is 2.36. The van der Waals surface area contributed by atoms with E-state index in [2.05, 4.69) is 0 Å². The lowest BCUT2D eigenvalue weighted by Crippen LogP contribution is -2.31. The van der Waals surface area contributed by atoms with Crippen molar-refractivity contribution in [2.75, 3.05) is 24.6 Å². The SMILES string of the molecule is CC[P+](/C=C(\[O-])C(=O)C(=O)/C([O-])=C/[P+](CC)(CC)c1ccccc1)(CC)c1ccccc1. The van der Waals surface area contributed by atoms with Crippen LogP contribution in [0.15, 0.2) is 83.8 Å². The number of hydrogen-bond donors (Lipinski definition) is 0. The van der Waals surface area contributed by atoms with Crippen LogP contribution in [0.1, 0.15) is 27.7 Å². The molecule has 2 aromatic carbocycles. The highest BCUT2D eigenvalue weighted by atomic mass is 31.2. The first-order chi connectivity index (χ1) is 15.3. The molecule has 0 amide bonds. The van der Waals surface area contributed by atoms with Gasteiger partial charge in [0.05, 0.1) is 61.4 Å². The van der Waals surface area contributed by atoms with Crippen molar-refractivity contribution in [2.45, 2.75) is 27.7 Å². The summed E-state index contributed by atoms with van der Waals surface area (Å²) in [6.45, 7) is 7.95. The van der Waals surface area contributed by atoms with Crippen LogP contribution in [0.25, 0.3) is 0 Å². The molecule has 0 spiro atoms. The van der Waals surface area contributed by atoms with Gasteiger partial charge in [-0.15, -0.1) is 0 Å². The molecule has 0 aliphatic heterocycles. The summed E-state index contributed by atoms with van der Waals surface area (Å²) in [6.07, 6.45) is 2.81. The molecule has 0 bridgehead atoms. The molecule has 0 saturated carbocycles. The Labute approximate surface area is 192 Å². The van der Waals surface area contributed by atoms with Crippen molar-refractivity contribution in [3.63, 3.8) is 0 Å². The van der Waals surface area contributed by atoms with Gasteiger partial charge in [-0.25, -0.2) is 0 Å². The Morgan fingerprint density at radius 2 is 0.906 bits per heavy atom. The van der Waals surface area contributed by atoms with Gasteiger partial charge in [-0.05, 0) is 63.5 Å². The molecule has 4 nitrogen and oxygen atoms in total. The number of carbonyl (C=O) groups is 2. The van der Waals surface area contributed by atoms with Crippen molar-refractivity contribution in [1.82, 2.24) is 0 Å². The third kappa shape index (κ3) is 5.55. The Morgan fingerprint density at radius 3 is 1.16 bits per heavy atom. The minimum absolute atomic E-state index is 0.703. The maximum absolute atomic E-state index is 12.8. The van der Waals surface area contributed by atoms with Gasteiger partial charge in [0, 0.05) is 0 Å². The zero-order valence-corrected chi connectivity index (χ0v) is 21.1. The number of carbonyl (C=O) groups excluding carboxylic acids is 2. The van der Waals surface area contributed by atoms with E-state index in [1.807, 2.05) is 88.4 Å². The quantitative estimate of drug-likeness (QED) is 0.219. The van der Waals surface area contributed by atoms with Crippen LogP contribution in [0.4, 0.5) is 0 Å². The molecule has 0 radical (unpaired) electrons. The predicted molar refractivity (Wildman–Crippen MR) is 134 cm³/mol. The van der Waals surface area contributed by atoms with E-state index in [1.165, 1.54) is 11.6 Å². The Balaban J connectivity index is 2.40. The van der Waals surface area contributed by atoms with Gasteiger partial charge in [0.25, 0.3) is 0 Å². The first-order valence-corrected chi connectivity index (χ1v) is 15.5. The van der Waals surface area contributed by atoms with Gasteiger partial charge in [0.15, 0.2) is 0 Å². The molecule has 170 valence electrons. The summed E-state index contributed by atoms with van der Waals surface area (Å²) in [4.78, 5) is 25.4. The summed E-state index contributed by atoms with van der Waals surface area (Å²) in [5.41, 5.74) is 0. The molecule has 2 aromatic rings. The average molecular weight is 470 g/mol. The van der Waals surface area contributed by atoms with Crippen LogP contribution in [-0.4, -0.2) is 36.2 Å². The third-order valence-electron chi connectivity index (χ3n) is 6.18. The van der Waals surface area contributed by atoms with Crippen LogP contribution >= 0.6 is 14.5 Å². The molecule has 0 aromatic heterocycles. The predicted octanol–water partition coefficient (Wildman–Crippen LogP) is 3.29. The summed E-state index contributed by atoms with van der Waals surface area (Å²) in [7, 11) is -4.11. The smallest absolute Gasteiger partial charge is 0.220 e. The van der Waals surface area contributed by atoms with E-state index in [-0.39, 0.29) is 0 Å². The van der Waals surface area contributed by atoms with Gasteiger partial charge < -0.3 is 10.2 Å². The Morgan fingerprint density at radius 1 is 0.625 bits per heavy atom. The average Bonchev–Trinajstić information content (AvgIpc) is 2.85. The Bertz CT molecular complexity index is 892. The fourth-order valence-electron chi connectivity index (χ4n) is 3.93. The molecule has 0 saturated heterocycles. The van der Waals surface area contributed by atoms with E-state index in [0.717, 1.165) is 10.6 Å². The summed E-state index contributed by atoms with van der Waals surface area (Å²) >= 11 is 0. The Kier molecular flexibility index (Phi) is 9.37. The second-order valence-electron chi connectivity index (χ2n) is 7.65. The van der Waals surface area contributed by atoms with Crippen LogP contribution in [0.5, 0.6) is 0 Å². The fourth-order valence-corrected chi connectivity index (χ4v) is 9.98. The zero-order chi connectivity index (χ0) is 23.8. The normalized spacial score (nSPS) is 13.1. The van der Waals surface area contributed by atoms with E-state index in [4.69, 9.17) is 0 Å². The largest absolute Gasteiger partial charge is 0.867 e. The molecule has 32 heavy (non-hydrogen) atoms. The number of rotatable bonds is 11. The van der Waals surface area contributed by atoms with Gasteiger partial charge in [-0.2, -0.15) is 0 Å². The molecule has 6 heteroatoms. The van der Waals surface area contributed by atoms with Crippen LogP contribution in [0, 0.1) is 0 Å². The number of Topliss-reactive ketones (excluding diaryl/α,β-unsaturated/α-hetero) is 2. The Hall–Kier alpha value is -2.28. The van der Waals surface area contributed by atoms with Crippen LogP contribution in [0.3, 0.4) is 0 Å². The number of allylic oxidation sites excluding steroid dienone is 2. The van der Waals surface area contributed by atoms with Crippen molar-refractivity contribution < 1.29 is 19.8 Å². The standard InChI is InChI=1S/C26H32O4P2/c1-5-31(6-2,21-15-11-9-12-16-21)19-23(27)25(29)26(30)24(28)20-32(7-3,8-4)22-17-13-10-14-18-22/h9-20H,5-8H2,1-4H3/b23-19-,24-20-. The molecule has 0 aliphatic carbocycles. The van der Waals surface area contributed by atoms with Crippen molar-refractivity contribution in [1.29, 1.82) is 0 Å². The minimum atomic E-state index is -2.05. The minimum Gasteiger partial charge on any atom is -0.867 e. The molecule has 0 unspecified atom stereocenters.